The molecule has 11 nitrogen and oxygen atoms in total. The van der Waals surface area contributed by atoms with Gasteiger partial charge in [0.1, 0.15) is 5.82 Å². The molecular weight excluding hydrogens is 434 g/mol. The highest BCUT2D eigenvalue weighted by atomic mass is 35.5. The van der Waals surface area contributed by atoms with E-state index in [1.54, 1.807) is 25.5 Å². The van der Waals surface area contributed by atoms with Crippen molar-refractivity contribution in [2.24, 2.45) is 9.98 Å². The number of carbonyl (C=O) groups excluding carboxylic acids is 1. The number of urea groups is 1. The van der Waals surface area contributed by atoms with Gasteiger partial charge in [-0.25, -0.2) is 15.2 Å². The first-order valence-electron chi connectivity index (χ1n) is 10.1. The van der Waals surface area contributed by atoms with Crippen LogP contribution in [0.1, 0.15) is 20.3 Å². The first-order chi connectivity index (χ1) is 15.5. The molecule has 0 spiro atoms. The van der Waals surface area contributed by atoms with Crippen molar-refractivity contribution in [3.8, 4) is 0 Å². The number of hydrazine groups is 1. The Morgan fingerprint density at radius 2 is 2.09 bits per heavy atom. The summed E-state index contributed by atoms with van der Waals surface area (Å²) < 4.78 is 5.55. The highest BCUT2D eigenvalue weighted by Gasteiger charge is 2.30. The van der Waals surface area contributed by atoms with Crippen molar-refractivity contribution in [3.05, 3.63) is 58.6 Å². The van der Waals surface area contributed by atoms with Gasteiger partial charge in [-0.3, -0.25) is 10.0 Å². The minimum atomic E-state index is -0.447. The van der Waals surface area contributed by atoms with Crippen molar-refractivity contribution >= 4 is 29.7 Å². The molecule has 12 heteroatoms. The smallest absolute Gasteiger partial charge is 0.323 e. The zero-order valence-electron chi connectivity index (χ0n) is 17.9. The standard InChI is InChI=1S/C20H24ClN9O2/c1-12-4-5-17-23-11-16(18(13(2)32-3)29(17)28-12)27-20(31)26-14-6-7-22-19(15(21)10-14)30-24-8-9-25-30/h5-6,8-13,28H,4,7H2,1-3H3,(H2,26,27,31). The zero-order valence-corrected chi connectivity index (χ0v) is 18.7. The molecule has 1 aromatic heterocycles. The van der Waals surface area contributed by atoms with Gasteiger partial charge in [-0.05, 0) is 38.5 Å². The van der Waals surface area contributed by atoms with Gasteiger partial charge in [0.05, 0.1) is 47.7 Å². The first kappa shape index (κ1) is 21.9. The van der Waals surface area contributed by atoms with Gasteiger partial charge < -0.3 is 15.4 Å². The van der Waals surface area contributed by atoms with Crippen LogP contribution in [0.15, 0.2) is 68.6 Å². The molecule has 4 rings (SSSR count). The van der Waals surface area contributed by atoms with E-state index in [-0.39, 0.29) is 12.1 Å². The predicted octanol–water partition coefficient (Wildman–Crippen LogP) is 1.62. The quantitative estimate of drug-likeness (QED) is 0.631. The average molecular weight is 458 g/mol. The monoisotopic (exact) mass is 457 g/mol. The Kier molecular flexibility index (Phi) is 6.49. The Balaban J connectivity index is 1.50. The average Bonchev–Trinajstić information content (AvgIpc) is 3.23. The van der Waals surface area contributed by atoms with Gasteiger partial charge >= 0.3 is 6.03 Å². The molecule has 2 unspecified atom stereocenters. The zero-order chi connectivity index (χ0) is 22.7. The molecule has 0 saturated heterocycles. The minimum Gasteiger partial charge on any atom is -0.375 e. The number of hydrogen-bond donors (Lipinski definition) is 3. The summed E-state index contributed by atoms with van der Waals surface area (Å²) in [6.07, 6.45) is 10.7. The number of fused-ring (bicyclic) bond motifs is 1. The number of halogens is 1. The summed E-state index contributed by atoms with van der Waals surface area (Å²) in [6, 6.07) is -0.222. The van der Waals surface area contributed by atoms with Crippen LogP contribution in [0.5, 0.6) is 0 Å². The third-order valence-electron chi connectivity index (χ3n) is 4.98. The number of nitrogens with zero attached hydrogens (tertiary/aromatic N) is 6. The highest BCUT2D eigenvalue weighted by molar-refractivity contribution is 6.43. The van der Waals surface area contributed by atoms with Crippen LogP contribution in [0, 0.1) is 0 Å². The molecule has 3 aliphatic rings. The van der Waals surface area contributed by atoms with Crippen LogP contribution < -0.4 is 16.1 Å². The molecule has 0 aliphatic carbocycles. The van der Waals surface area contributed by atoms with Crippen LogP contribution in [0.3, 0.4) is 0 Å². The Hall–Kier alpha value is -3.28. The summed E-state index contributed by atoms with van der Waals surface area (Å²) in [5.74, 6) is 1.17. The highest BCUT2D eigenvalue weighted by Crippen LogP contribution is 2.26. The van der Waals surface area contributed by atoms with Crippen molar-refractivity contribution in [1.82, 2.24) is 36.1 Å². The Bertz CT molecular complexity index is 1070. The van der Waals surface area contributed by atoms with Gasteiger partial charge in [0, 0.05) is 18.8 Å². The van der Waals surface area contributed by atoms with E-state index in [0.29, 0.717) is 28.8 Å². The van der Waals surface area contributed by atoms with E-state index in [2.05, 4.69) is 43.2 Å². The fourth-order valence-electron chi connectivity index (χ4n) is 3.36. The molecule has 168 valence electrons. The number of methoxy groups -OCH3 is 1. The lowest BCUT2D eigenvalue weighted by Crippen LogP contribution is -2.50. The lowest BCUT2D eigenvalue weighted by atomic mass is 10.1. The Morgan fingerprint density at radius 1 is 1.31 bits per heavy atom. The van der Waals surface area contributed by atoms with Crippen molar-refractivity contribution in [2.75, 3.05) is 13.7 Å². The maximum atomic E-state index is 12.8. The van der Waals surface area contributed by atoms with Gasteiger partial charge in [-0.2, -0.15) is 10.2 Å². The number of carbonyl (C=O) groups is 1. The molecule has 3 N–H and O–H groups in total. The third kappa shape index (κ3) is 4.64. The molecule has 0 radical (unpaired) electrons. The maximum Gasteiger partial charge on any atom is 0.323 e. The second-order valence-corrected chi connectivity index (χ2v) is 7.72. The minimum absolute atomic E-state index is 0.225. The van der Waals surface area contributed by atoms with E-state index in [1.807, 2.05) is 18.0 Å². The topological polar surface area (TPSA) is 121 Å². The van der Waals surface area contributed by atoms with Crippen molar-refractivity contribution < 1.29 is 9.53 Å². The molecule has 0 saturated carbocycles. The fraction of sp³-hybridized carbons (Fsp3) is 0.350. The second-order valence-electron chi connectivity index (χ2n) is 7.31. The number of ether oxygens (including phenoxy) is 1. The van der Waals surface area contributed by atoms with E-state index in [0.717, 1.165) is 17.9 Å². The number of hydrogen-bond acceptors (Lipinski definition) is 8. The van der Waals surface area contributed by atoms with Gasteiger partial charge in [-0.15, -0.1) is 4.80 Å². The molecular formula is C20H24ClN9O2. The third-order valence-corrected chi connectivity index (χ3v) is 5.25. The van der Waals surface area contributed by atoms with E-state index in [9.17, 15) is 4.79 Å². The van der Waals surface area contributed by atoms with E-state index in [4.69, 9.17) is 16.3 Å². The number of amides is 2. The van der Waals surface area contributed by atoms with Crippen LogP contribution in [0.25, 0.3) is 0 Å². The lowest BCUT2D eigenvalue weighted by Gasteiger charge is -2.38. The van der Waals surface area contributed by atoms with Crippen LogP contribution >= 0.6 is 11.6 Å². The van der Waals surface area contributed by atoms with Crippen molar-refractivity contribution in [3.63, 3.8) is 0 Å². The molecule has 3 aliphatic heterocycles. The van der Waals surface area contributed by atoms with Crippen molar-refractivity contribution in [1.29, 1.82) is 0 Å². The molecule has 0 fully saturated rings. The van der Waals surface area contributed by atoms with Gasteiger partial charge in [0.25, 0.3) is 0 Å². The van der Waals surface area contributed by atoms with Crippen LogP contribution in [0.4, 0.5) is 4.79 Å². The van der Waals surface area contributed by atoms with Gasteiger partial charge in [0.15, 0.2) is 5.84 Å². The molecule has 2 amide bonds. The summed E-state index contributed by atoms with van der Waals surface area (Å²) in [5, 5.41) is 15.9. The largest absolute Gasteiger partial charge is 0.375 e. The fourth-order valence-corrected chi connectivity index (χ4v) is 3.62. The summed E-state index contributed by atoms with van der Waals surface area (Å²) in [7, 11) is 1.62. The van der Waals surface area contributed by atoms with Crippen LogP contribution in [-0.4, -0.2) is 63.9 Å². The molecule has 0 bridgehead atoms. The summed E-state index contributed by atoms with van der Waals surface area (Å²) in [6.45, 7) is 4.29. The maximum absolute atomic E-state index is 12.8. The number of rotatable bonds is 4. The molecule has 32 heavy (non-hydrogen) atoms. The van der Waals surface area contributed by atoms with Crippen LogP contribution in [0.2, 0.25) is 0 Å². The van der Waals surface area contributed by atoms with Gasteiger partial charge in [-0.1, -0.05) is 11.6 Å². The Morgan fingerprint density at radius 3 is 2.84 bits per heavy atom. The summed E-state index contributed by atoms with van der Waals surface area (Å²) in [5.41, 5.74) is 5.16. The van der Waals surface area contributed by atoms with Gasteiger partial charge in [0.2, 0.25) is 0 Å². The molecule has 2 atom stereocenters. The number of aliphatic imine (C=N–C) groups is 2. The second kappa shape index (κ2) is 9.47. The molecule has 4 heterocycles. The predicted molar refractivity (Wildman–Crippen MR) is 121 cm³/mol. The molecule has 1 aromatic rings. The normalized spacial score (nSPS) is 21.6. The number of nitrogens with one attached hydrogen (secondary N) is 3. The number of allylic oxidation sites excluding steroid dienone is 3. The summed E-state index contributed by atoms with van der Waals surface area (Å²) in [4.78, 5) is 22.9. The van der Waals surface area contributed by atoms with E-state index >= 15 is 0 Å². The first-order valence-corrected chi connectivity index (χ1v) is 10.5. The van der Waals surface area contributed by atoms with Crippen LogP contribution in [-0.2, 0) is 4.74 Å². The SMILES string of the molecule is COC(C)C1=C(NC(=O)NC2=CCN=C(n3nccn3)C(Cl)=C2)C=NC2=CCC(C)NN21. The number of aromatic nitrogens is 3. The molecule has 0 aromatic carbocycles. The Labute approximate surface area is 190 Å². The lowest BCUT2D eigenvalue weighted by molar-refractivity contribution is 0.100. The van der Waals surface area contributed by atoms with Crippen molar-refractivity contribution in [2.45, 2.75) is 32.4 Å². The summed E-state index contributed by atoms with van der Waals surface area (Å²) >= 11 is 6.37. The van der Waals surface area contributed by atoms with E-state index in [1.165, 1.54) is 17.2 Å². The van der Waals surface area contributed by atoms with E-state index < -0.39 is 6.03 Å².